The number of carbonyl (C=O) groups excluding carboxylic acids is 1. The molecule has 24 heavy (non-hydrogen) atoms. The maximum Gasteiger partial charge on any atom is 0.275 e. The van der Waals surface area contributed by atoms with Crippen molar-refractivity contribution < 1.29 is 9.90 Å². The molecule has 1 aromatic heterocycles. The lowest BCUT2D eigenvalue weighted by Gasteiger charge is -2.06. The molecule has 5 nitrogen and oxygen atoms in total. The molecule has 2 N–H and O–H groups in total. The molecule has 0 saturated heterocycles. The number of rotatable bonds is 4. The van der Waals surface area contributed by atoms with Gasteiger partial charge in [0.25, 0.3) is 5.91 Å². The van der Waals surface area contributed by atoms with Crippen LogP contribution in [0.4, 0.5) is 0 Å². The highest BCUT2D eigenvalue weighted by Gasteiger charge is 2.08. The summed E-state index contributed by atoms with van der Waals surface area (Å²) >= 11 is 2.26. The number of halogens is 1. The molecule has 0 aliphatic rings. The molecule has 0 bridgehead atoms. The van der Waals surface area contributed by atoms with Gasteiger partial charge >= 0.3 is 0 Å². The number of benzene rings is 2. The van der Waals surface area contributed by atoms with Crippen molar-refractivity contribution in [2.45, 2.75) is 0 Å². The summed E-state index contributed by atoms with van der Waals surface area (Å²) < 4.78 is 3.12. The Labute approximate surface area is 152 Å². The van der Waals surface area contributed by atoms with Crippen LogP contribution in [0.2, 0.25) is 0 Å². The van der Waals surface area contributed by atoms with Gasteiger partial charge in [-0.2, -0.15) is 5.10 Å². The van der Waals surface area contributed by atoms with Crippen molar-refractivity contribution in [3.8, 4) is 11.4 Å². The van der Waals surface area contributed by atoms with Crippen LogP contribution in [-0.4, -0.2) is 21.8 Å². The van der Waals surface area contributed by atoms with Gasteiger partial charge in [-0.15, -0.1) is 0 Å². The van der Waals surface area contributed by atoms with Crippen molar-refractivity contribution in [1.82, 2.24) is 9.99 Å². The second kappa shape index (κ2) is 7.31. The minimum atomic E-state index is -0.461. The SMILES string of the molecule is O=C(N/N=C\c1cccn1-c1ccc(I)cc1)c1ccccc1O. The van der Waals surface area contributed by atoms with Gasteiger partial charge < -0.3 is 9.67 Å². The van der Waals surface area contributed by atoms with Gasteiger partial charge in [-0.05, 0) is 71.1 Å². The zero-order valence-corrected chi connectivity index (χ0v) is 14.7. The largest absolute Gasteiger partial charge is 0.507 e. The third-order valence-corrected chi connectivity index (χ3v) is 4.12. The molecule has 0 radical (unpaired) electrons. The number of amides is 1. The Bertz CT molecular complexity index is 885. The van der Waals surface area contributed by atoms with E-state index < -0.39 is 5.91 Å². The number of aromatic nitrogens is 1. The fraction of sp³-hybridized carbons (Fsp3) is 0. The highest BCUT2D eigenvalue weighted by atomic mass is 127. The second-order valence-electron chi connectivity index (χ2n) is 5.00. The molecule has 0 atom stereocenters. The zero-order chi connectivity index (χ0) is 16.9. The number of carbonyl (C=O) groups is 1. The van der Waals surface area contributed by atoms with E-state index in [2.05, 4.69) is 33.1 Å². The molecule has 0 saturated carbocycles. The average molecular weight is 431 g/mol. The summed E-state index contributed by atoms with van der Waals surface area (Å²) in [4.78, 5) is 12.0. The van der Waals surface area contributed by atoms with Crippen LogP contribution >= 0.6 is 22.6 Å². The van der Waals surface area contributed by atoms with Gasteiger partial charge in [0, 0.05) is 15.5 Å². The van der Waals surface area contributed by atoms with Crippen molar-refractivity contribution in [2.24, 2.45) is 5.10 Å². The Hall–Kier alpha value is -2.61. The number of phenolic OH excluding ortho intramolecular Hbond substituents is 1. The van der Waals surface area contributed by atoms with Crippen molar-refractivity contribution in [3.63, 3.8) is 0 Å². The second-order valence-corrected chi connectivity index (χ2v) is 6.24. The highest BCUT2D eigenvalue weighted by molar-refractivity contribution is 14.1. The van der Waals surface area contributed by atoms with Crippen LogP contribution in [0.5, 0.6) is 5.75 Å². The van der Waals surface area contributed by atoms with E-state index in [4.69, 9.17) is 0 Å². The first kappa shape index (κ1) is 16.3. The third-order valence-electron chi connectivity index (χ3n) is 3.40. The number of phenols is 1. The first-order valence-electron chi connectivity index (χ1n) is 7.20. The number of hydrogen-bond acceptors (Lipinski definition) is 3. The summed E-state index contributed by atoms with van der Waals surface area (Å²) in [5, 5.41) is 13.6. The summed E-state index contributed by atoms with van der Waals surface area (Å²) in [6.07, 6.45) is 3.49. The van der Waals surface area contributed by atoms with Gasteiger partial charge in [-0.1, -0.05) is 12.1 Å². The molecule has 6 heteroatoms. The molecule has 1 amide bonds. The van der Waals surface area contributed by atoms with Crippen LogP contribution in [0.15, 0.2) is 72.0 Å². The molecule has 0 fully saturated rings. The van der Waals surface area contributed by atoms with E-state index in [9.17, 15) is 9.90 Å². The normalized spacial score (nSPS) is 10.9. The van der Waals surface area contributed by atoms with Crippen LogP contribution in [0.25, 0.3) is 5.69 Å². The molecular formula is C18H14IN3O2. The molecule has 2 aromatic carbocycles. The monoisotopic (exact) mass is 431 g/mol. The van der Waals surface area contributed by atoms with Crippen LogP contribution in [-0.2, 0) is 0 Å². The maximum absolute atomic E-state index is 12.0. The van der Waals surface area contributed by atoms with Gasteiger partial charge in [-0.25, -0.2) is 5.43 Å². The van der Waals surface area contributed by atoms with Gasteiger partial charge in [-0.3, -0.25) is 4.79 Å². The lowest BCUT2D eigenvalue weighted by molar-refractivity contribution is 0.0952. The number of para-hydroxylation sites is 1. The number of hydrogen-bond donors (Lipinski definition) is 2. The van der Waals surface area contributed by atoms with E-state index in [1.54, 1.807) is 18.3 Å². The van der Waals surface area contributed by atoms with Crippen molar-refractivity contribution in [2.75, 3.05) is 0 Å². The summed E-state index contributed by atoms with van der Waals surface area (Å²) in [5.74, 6) is -0.538. The average Bonchev–Trinajstić information content (AvgIpc) is 3.04. The maximum atomic E-state index is 12.0. The van der Waals surface area contributed by atoms with Gasteiger partial charge in [0.05, 0.1) is 17.5 Å². The van der Waals surface area contributed by atoms with Crippen LogP contribution in [0, 0.1) is 3.57 Å². The molecule has 0 unspecified atom stereocenters. The molecule has 0 spiro atoms. The number of aromatic hydroxyl groups is 1. The van der Waals surface area contributed by atoms with Gasteiger partial charge in [0.2, 0.25) is 0 Å². The van der Waals surface area contributed by atoms with E-state index in [1.807, 2.05) is 47.2 Å². The first-order valence-corrected chi connectivity index (χ1v) is 8.28. The Balaban J connectivity index is 1.74. The van der Waals surface area contributed by atoms with Gasteiger partial charge in [0.15, 0.2) is 0 Å². The number of hydrazone groups is 1. The smallest absolute Gasteiger partial charge is 0.275 e. The van der Waals surface area contributed by atoms with Crippen molar-refractivity contribution >= 4 is 34.7 Å². The highest BCUT2D eigenvalue weighted by Crippen LogP contribution is 2.15. The number of nitrogens with one attached hydrogen (secondary N) is 1. The fourth-order valence-electron chi connectivity index (χ4n) is 2.22. The Morgan fingerprint density at radius 1 is 1.08 bits per heavy atom. The van der Waals surface area contributed by atoms with Crippen LogP contribution in [0.3, 0.4) is 0 Å². The summed E-state index contributed by atoms with van der Waals surface area (Å²) in [6, 6.07) is 18.2. The van der Waals surface area contributed by atoms with Crippen molar-refractivity contribution in [3.05, 3.63) is 81.7 Å². The first-order chi connectivity index (χ1) is 11.6. The predicted octanol–water partition coefficient (Wildman–Crippen LogP) is 3.55. The van der Waals surface area contributed by atoms with Crippen LogP contribution < -0.4 is 5.43 Å². The van der Waals surface area contributed by atoms with Crippen molar-refractivity contribution in [1.29, 1.82) is 0 Å². The minimum Gasteiger partial charge on any atom is -0.507 e. The summed E-state index contributed by atoms with van der Waals surface area (Å²) in [6.45, 7) is 0. The third kappa shape index (κ3) is 3.65. The molecule has 120 valence electrons. The Kier molecular flexibility index (Phi) is 4.95. The minimum absolute atomic E-state index is 0.0764. The summed E-state index contributed by atoms with van der Waals surface area (Å²) in [7, 11) is 0. The fourth-order valence-corrected chi connectivity index (χ4v) is 2.58. The zero-order valence-electron chi connectivity index (χ0n) is 12.6. The Morgan fingerprint density at radius 2 is 1.83 bits per heavy atom. The van der Waals surface area contributed by atoms with E-state index >= 15 is 0 Å². The Morgan fingerprint density at radius 3 is 2.58 bits per heavy atom. The summed E-state index contributed by atoms with van der Waals surface area (Å²) in [5.41, 5.74) is 4.44. The van der Waals surface area contributed by atoms with E-state index in [-0.39, 0.29) is 11.3 Å². The molecule has 3 aromatic rings. The molecular weight excluding hydrogens is 417 g/mol. The lowest BCUT2D eigenvalue weighted by atomic mass is 10.2. The van der Waals surface area contributed by atoms with E-state index in [1.165, 1.54) is 12.1 Å². The predicted molar refractivity (Wildman–Crippen MR) is 102 cm³/mol. The topological polar surface area (TPSA) is 66.6 Å². The standard InChI is InChI=1S/C18H14IN3O2/c19-13-7-9-14(10-8-13)22-11-3-4-15(22)12-20-21-18(24)16-5-1-2-6-17(16)23/h1-12,23H,(H,21,24)/b20-12-. The molecule has 1 heterocycles. The quantitative estimate of drug-likeness (QED) is 0.377. The van der Waals surface area contributed by atoms with Crippen LogP contribution in [0.1, 0.15) is 16.1 Å². The van der Waals surface area contributed by atoms with Gasteiger partial charge in [0.1, 0.15) is 5.75 Å². The van der Waals surface area contributed by atoms with E-state index in [0.29, 0.717) is 0 Å². The molecule has 0 aliphatic heterocycles. The van der Waals surface area contributed by atoms with E-state index in [0.717, 1.165) is 15.0 Å². The molecule has 0 aliphatic carbocycles. The lowest BCUT2D eigenvalue weighted by Crippen LogP contribution is -2.17. The molecule has 3 rings (SSSR count). The number of nitrogens with zero attached hydrogens (tertiary/aromatic N) is 2.